The van der Waals surface area contributed by atoms with Gasteiger partial charge in [0.15, 0.2) is 10.9 Å². The van der Waals surface area contributed by atoms with Gasteiger partial charge in [0.05, 0.1) is 22.8 Å². The van der Waals surface area contributed by atoms with E-state index in [2.05, 4.69) is 22.7 Å². The molecule has 0 saturated carbocycles. The number of aromatic nitrogens is 2. The minimum atomic E-state index is -0.428. The van der Waals surface area contributed by atoms with E-state index in [9.17, 15) is 4.79 Å². The average molecular weight is 477 g/mol. The third kappa shape index (κ3) is 5.36. The Kier molecular flexibility index (Phi) is 7.20. The molecule has 9 heteroatoms. The normalized spacial score (nSPS) is 10.6. The fraction of sp³-hybridized carbons (Fsp3) is 0.227. The minimum Gasteiger partial charge on any atom is -0.494 e. The van der Waals surface area contributed by atoms with E-state index in [1.165, 1.54) is 24.8 Å². The maximum atomic E-state index is 12.5. The zero-order valence-electron chi connectivity index (χ0n) is 17.5. The summed E-state index contributed by atoms with van der Waals surface area (Å²) >= 11 is 17.4. The maximum absolute atomic E-state index is 12.5. The molecule has 6 nitrogen and oxygen atoms in total. The smallest absolute Gasteiger partial charge is 0.257 e. The molecule has 0 radical (unpaired) electrons. The monoisotopic (exact) mass is 476 g/mol. The molecule has 3 rings (SSSR count). The summed E-state index contributed by atoms with van der Waals surface area (Å²) in [5.74, 6) is -0.111. The van der Waals surface area contributed by atoms with Crippen molar-refractivity contribution in [3.8, 4) is 5.75 Å². The number of carbonyl (C=O) groups excluding carboxylic acids is 1. The summed E-state index contributed by atoms with van der Waals surface area (Å²) in [7, 11) is 3.40. The van der Waals surface area contributed by atoms with Crippen LogP contribution in [0.3, 0.4) is 0 Å². The summed E-state index contributed by atoms with van der Waals surface area (Å²) in [6.45, 7) is 4.08. The van der Waals surface area contributed by atoms with Gasteiger partial charge in [0, 0.05) is 36.0 Å². The van der Waals surface area contributed by atoms with Crippen molar-refractivity contribution in [3.63, 3.8) is 0 Å². The first kappa shape index (κ1) is 23.1. The molecule has 0 atom stereocenters. The van der Waals surface area contributed by atoms with Crippen LogP contribution in [0.2, 0.25) is 10.0 Å². The molecule has 1 amide bonds. The fourth-order valence-corrected chi connectivity index (χ4v) is 4.06. The van der Waals surface area contributed by atoms with Crippen molar-refractivity contribution in [2.24, 2.45) is 7.05 Å². The number of carbonyl (C=O) groups is 1. The Balaban J connectivity index is 1.62. The number of thiocarbonyl (C=S) groups is 1. The first-order valence-corrected chi connectivity index (χ1v) is 10.6. The fourth-order valence-electron chi connectivity index (χ4n) is 3.21. The van der Waals surface area contributed by atoms with Crippen LogP contribution < -0.4 is 15.4 Å². The first-order valence-electron chi connectivity index (χ1n) is 9.43. The summed E-state index contributed by atoms with van der Waals surface area (Å²) in [5.41, 5.74) is 5.61. The lowest BCUT2D eigenvalue weighted by molar-refractivity contribution is 0.0977. The first-order chi connectivity index (χ1) is 14.7. The van der Waals surface area contributed by atoms with E-state index in [1.807, 2.05) is 42.9 Å². The van der Waals surface area contributed by atoms with Crippen molar-refractivity contribution < 1.29 is 9.53 Å². The number of benzene rings is 2. The Morgan fingerprint density at radius 2 is 1.77 bits per heavy atom. The lowest BCUT2D eigenvalue weighted by atomic mass is 10.0. The second kappa shape index (κ2) is 9.68. The lowest BCUT2D eigenvalue weighted by Crippen LogP contribution is -2.34. The van der Waals surface area contributed by atoms with Crippen molar-refractivity contribution >= 4 is 52.1 Å². The van der Waals surface area contributed by atoms with Gasteiger partial charge in [-0.3, -0.25) is 14.8 Å². The molecule has 0 aliphatic rings. The van der Waals surface area contributed by atoms with Crippen LogP contribution >= 0.6 is 35.4 Å². The molecule has 0 fully saturated rings. The summed E-state index contributed by atoms with van der Waals surface area (Å²) in [5, 5.41) is 10.7. The molecular weight excluding hydrogens is 455 g/mol. The van der Waals surface area contributed by atoms with Crippen LogP contribution in [0.1, 0.15) is 32.9 Å². The molecule has 31 heavy (non-hydrogen) atoms. The van der Waals surface area contributed by atoms with Gasteiger partial charge in [-0.05, 0) is 55.9 Å². The molecule has 2 N–H and O–H groups in total. The predicted molar refractivity (Wildman–Crippen MR) is 129 cm³/mol. The topological polar surface area (TPSA) is 68.2 Å². The van der Waals surface area contributed by atoms with Gasteiger partial charge in [0.25, 0.3) is 5.91 Å². The number of methoxy groups -OCH3 is 1. The van der Waals surface area contributed by atoms with Crippen LogP contribution in [0.4, 0.5) is 5.69 Å². The minimum absolute atomic E-state index is 0.166. The summed E-state index contributed by atoms with van der Waals surface area (Å²) < 4.78 is 6.99. The highest BCUT2D eigenvalue weighted by molar-refractivity contribution is 7.80. The molecular formula is C22H22Cl2N4O2S. The average Bonchev–Trinajstić information content (AvgIpc) is 2.95. The van der Waals surface area contributed by atoms with Crippen LogP contribution in [0, 0.1) is 13.8 Å². The largest absolute Gasteiger partial charge is 0.494 e. The van der Waals surface area contributed by atoms with Gasteiger partial charge < -0.3 is 10.1 Å². The molecule has 0 spiro atoms. The van der Waals surface area contributed by atoms with Crippen LogP contribution in [-0.2, 0) is 13.5 Å². The van der Waals surface area contributed by atoms with Crippen molar-refractivity contribution in [3.05, 3.63) is 74.5 Å². The highest BCUT2D eigenvalue weighted by Crippen LogP contribution is 2.33. The van der Waals surface area contributed by atoms with Crippen molar-refractivity contribution in [2.45, 2.75) is 20.3 Å². The molecule has 0 unspecified atom stereocenters. The van der Waals surface area contributed by atoms with Gasteiger partial charge >= 0.3 is 0 Å². The van der Waals surface area contributed by atoms with Crippen LogP contribution in [-0.4, -0.2) is 27.9 Å². The number of amides is 1. The van der Waals surface area contributed by atoms with Crippen molar-refractivity contribution in [2.75, 3.05) is 12.4 Å². The quantitative estimate of drug-likeness (QED) is 0.503. The predicted octanol–water partition coefficient (Wildman–Crippen LogP) is 5.07. The highest BCUT2D eigenvalue weighted by atomic mass is 35.5. The van der Waals surface area contributed by atoms with E-state index in [4.69, 9.17) is 40.2 Å². The summed E-state index contributed by atoms with van der Waals surface area (Å²) in [6, 6.07) is 10.8. The number of rotatable bonds is 5. The molecule has 162 valence electrons. The van der Waals surface area contributed by atoms with Gasteiger partial charge in [-0.2, -0.15) is 5.10 Å². The Bertz CT molecular complexity index is 1120. The van der Waals surface area contributed by atoms with Gasteiger partial charge in [0.1, 0.15) is 0 Å². The number of hydrogen-bond donors (Lipinski definition) is 2. The number of nitrogens with zero attached hydrogens (tertiary/aromatic N) is 2. The van der Waals surface area contributed by atoms with Crippen molar-refractivity contribution in [1.82, 2.24) is 15.1 Å². The maximum Gasteiger partial charge on any atom is 0.257 e. The van der Waals surface area contributed by atoms with Crippen LogP contribution in [0.5, 0.6) is 5.75 Å². The number of nitrogens with one attached hydrogen (secondary N) is 2. The molecule has 1 aromatic heterocycles. The number of halogens is 2. The summed E-state index contributed by atoms with van der Waals surface area (Å²) in [4.78, 5) is 12.5. The third-order valence-electron chi connectivity index (χ3n) is 4.94. The second-order valence-corrected chi connectivity index (χ2v) is 8.25. The van der Waals surface area contributed by atoms with E-state index in [0.29, 0.717) is 5.75 Å². The second-order valence-electron chi connectivity index (χ2n) is 7.03. The van der Waals surface area contributed by atoms with E-state index in [1.54, 1.807) is 0 Å². The SMILES string of the molecule is COc1c(Cl)cc(C(=O)NC(=S)Nc2ccc(Cc3c(C)nn(C)c3C)cc2)cc1Cl. The molecule has 0 aliphatic carbocycles. The lowest BCUT2D eigenvalue weighted by Gasteiger charge is -2.12. The number of ether oxygens (including phenoxy) is 1. The van der Waals surface area contributed by atoms with Gasteiger partial charge in [-0.25, -0.2) is 0 Å². The number of hydrogen-bond acceptors (Lipinski definition) is 4. The zero-order valence-corrected chi connectivity index (χ0v) is 19.9. The Hall–Kier alpha value is -2.61. The molecule has 1 heterocycles. The van der Waals surface area contributed by atoms with Crippen LogP contribution in [0.25, 0.3) is 0 Å². The highest BCUT2D eigenvalue weighted by Gasteiger charge is 2.15. The molecule has 0 saturated heterocycles. The summed E-state index contributed by atoms with van der Waals surface area (Å²) in [6.07, 6.45) is 0.798. The Morgan fingerprint density at radius 1 is 1.16 bits per heavy atom. The van der Waals surface area contributed by atoms with Crippen molar-refractivity contribution in [1.29, 1.82) is 0 Å². The van der Waals surface area contributed by atoms with E-state index in [0.717, 1.165) is 29.1 Å². The Labute approximate surface area is 196 Å². The molecule has 0 aliphatic heterocycles. The van der Waals surface area contributed by atoms with Gasteiger partial charge in [-0.1, -0.05) is 35.3 Å². The van der Waals surface area contributed by atoms with Crippen LogP contribution in [0.15, 0.2) is 36.4 Å². The molecule has 3 aromatic rings. The molecule has 0 bridgehead atoms. The number of anilines is 1. The Morgan fingerprint density at radius 3 is 2.29 bits per heavy atom. The standard InChI is InChI=1S/C22H22Cl2N4O2S/c1-12-17(13(2)28(3)27-12)9-14-5-7-16(8-6-14)25-22(31)26-21(29)15-10-18(23)20(30-4)19(24)11-15/h5-8,10-11H,9H2,1-4H3,(H2,25,26,29,31). The van der Waals surface area contributed by atoms with E-state index < -0.39 is 5.91 Å². The van der Waals surface area contributed by atoms with E-state index >= 15 is 0 Å². The van der Waals surface area contributed by atoms with E-state index in [-0.39, 0.29) is 20.7 Å². The van der Waals surface area contributed by atoms with Gasteiger partial charge in [-0.15, -0.1) is 0 Å². The van der Waals surface area contributed by atoms with Gasteiger partial charge in [0.2, 0.25) is 0 Å². The zero-order chi connectivity index (χ0) is 22.7. The molecule has 2 aromatic carbocycles. The third-order valence-corrected chi connectivity index (χ3v) is 5.71. The number of aryl methyl sites for hydroxylation is 2.